The fourth-order valence-corrected chi connectivity index (χ4v) is 6.56. The molecule has 6 fully saturated rings. The number of carbonyl (C=O) groups excluding carboxylic acids is 14. The van der Waals surface area contributed by atoms with Gasteiger partial charge in [0.1, 0.15) is 19.8 Å². The molecular formula is C40H63N23O17. The van der Waals surface area contributed by atoms with E-state index >= 15 is 0 Å². The molecule has 6 aliphatic rings. The second-order valence-corrected chi connectivity index (χ2v) is 16.2. The summed E-state index contributed by atoms with van der Waals surface area (Å²) in [4.78, 5) is 164. The topological polar surface area (TPSA) is 493 Å². The standard InChI is InChI=1S/C12H20N8O4.C12H18N6O6.C8H13N5O3.C8H12N4O4/c21-9(13-1-5-19-7-3-15-11(19)23)17-18-10(22)14-2-6-20-8-4-16-12(20)24;19-9-13-1-3-17(9)5-7-23-11(21)15-16-12(22)24-8-6-18-4-2-14-10(18)20;1-6(14)11-12-7(15)9-2-4-13-5-3-10-8(13)16;1-6(13)10-11-8(15)16-5-4-12-3-2-9-7(12)14/h1-8H2,(H,13,21)(H,14,22)(H,15,23)(H,16,24);1-8H2,(H,13,19)(H,14,20);2-5H2,1H3,(H,9,15)(H,10,16);2-5H2,1H3,(H,9,14). The lowest BCUT2D eigenvalue weighted by molar-refractivity contribution is -0.117. The summed E-state index contributed by atoms with van der Waals surface area (Å²) in [5, 5.41) is 47.8. The monoisotopic (exact) mass is 1140 g/mol. The van der Waals surface area contributed by atoms with Crippen LogP contribution in [0.5, 0.6) is 0 Å². The zero-order valence-electron chi connectivity index (χ0n) is 43.7. The van der Waals surface area contributed by atoms with Crippen molar-refractivity contribution in [3.05, 3.63) is 0 Å². The van der Waals surface area contributed by atoms with Crippen molar-refractivity contribution in [3.63, 3.8) is 0 Å². The van der Waals surface area contributed by atoms with E-state index in [0.29, 0.717) is 105 Å². The molecule has 440 valence electrons. The predicted molar refractivity (Wildman–Crippen MR) is 265 cm³/mol. The van der Waals surface area contributed by atoms with Crippen LogP contribution in [0.2, 0.25) is 0 Å². The molecule has 0 atom stereocenters. The Morgan fingerprint density at radius 3 is 0.787 bits per heavy atom. The molecular weight excluding hydrogens is 1070 g/mol. The minimum atomic E-state index is -1.05. The zero-order valence-corrected chi connectivity index (χ0v) is 43.7. The van der Waals surface area contributed by atoms with Crippen LogP contribution in [0.1, 0.15) is 13.8 Å². The maximum Gasteiger partial charge on any atom is 0.452 e. The average molecular weight is 1140 g/mol. The van der Waals surface area contributed by atoms with Crippen molar-refractivity contribution in [1.82, 2.24) is 77.3 Å². The Hall–Kier alpha value is -9.82. The molecule has 80 heavy (non-hydrogen) atoms. The smallest absolute Gasteiger partial charge is 0.445 e. The van der Waals surface area contributed by atoms with Crippen LogP contribution >= 0.6 is 0 Å². The van der Waals surface area contributed by atoms with Crippen LogP contribution < -0.4 is 47.9 Å². The quantitative estimate of drug-likeness (QED) is 0.0559. The van der Waals surface area contributed by atoms with E-state index < -0.39 is 48.2 Å². The highest BCUT2D eigenvalue weighted by atomic mass is 16.6. The number of azo groups is 4. The van der Waals surface area contributed by atoms with Crippen molar-refractivity contribution in [2.24, 2.45) is 40.9 Å². The van der Waals surface area contributed by atoms with Gasteiger partial charge in [0.05, 0.1) is 19.6 Å². The van der Waals surface area contributed by atoms with Crippen LogP contribution in [0.15, 0.2) is 40.9 Å². The van der Waals surface area contributed by atoms with Gasteiger partial charge in [-0.05, 0) is 0 Å². The first kappa shape index (κ1) is 64.5. The number of hydrogen-bond acceptors (Lipinski definition) is 17. The molecule has 0 radical (unpaired) electrons. The van der Waals surface area contributed by atoms with Crippen LogP contribution in [0.3, 0.4) is 0 Å². The maximum absolute atomic E-state index is 11.4. The Balaban J connectivity index is 0.000000286. The normalized spacial score (nSPS) is 16.4. The Morgan fingerprint density at radius 2 is 0.562 bits per heavy atom. The van der Waals surface area contributed by atoms with Crippen molar-refractivity contribution in [2.45, 2.75) is 13.8 Å². The second-order valence-electron chi connectivity index (χ2n) is 16.2. The van der Waals surface area contributed by atoms with Crippen LogP contribution in [0.25, 0.3) is 0 Å². The van der Waals surface area contributed by atoms with E-state index in [0.717, 1.165) is 0 Å². The molecule has 40 nitrogen and oxygen atoms in total. The van der Waals surface area contributed by atoms with Gasteiger partial charge in [-0.2, -0.15) is 0 Å². The molecule has 9 N–H and O–H groups in total. The van der Waals surface area contributed by atoms with E-state index in [1.807, 2.05) is 0 Å². The van der Waals surface area contributed by atoms with Crippen LogP contribution in [0, 0.1) is 0 Å². The number of hydrogen-bond donors (Lipinski definition) is 9. The van der Waals surface area contributed by atoms with Gasteiger partial charge in [0.25, 0.3) is 11.8 Å². The summed E-state index contributed by atoms with van der Waals surface area (Å²) < 4.78 is 14.1. The van der Waals surface area contributed by atoms with Crippen LogP contribution in [0.4, 0.5) is 57.5 Å². The van der Waals surface area contributed by atoms with Crippen molar-refractivity contribution in [3.8, 4) is 0 Å². The number of nitrogens with zero attached hydrogens (tertiary/aromatic N) is 14. The molecule has 0 aromatic rings. The average Bonchev–Trinajstić information content (AvgIpc) is 4.32. The summed E-state index contributed by atoms with van der Waals surface area (Å²) in [6.07, 6.45) is -3.04. The van der Waals surface area contributed by atoms with E-state index in [4.69, 9.17) is 9.47 Å². The van der Waals surface area contributed by atoms with Crippen molar-refractivity contribution < 1.29 is 81.3 Å². The largest absolute Gasteiger partial charge is 0.452 e. The molecule has 40 heteroatoms. The SMILES string of the molecule is CC(=O)N=NC(=O)NCCN1CCNC1=O.CC(=O)N=NC(=O)OCCN1CCNC1=O.O=C(N=NC(=O)NCCN1CCNC1=O)NCCN1CCNC1=O.O=C(N=NC(=O)OCCN1CCNC1=O)OCCN1CCNC1=O. The molecule has 0 unspecified atom stereocenters. The fourth-order valence-electron chi connectivity index (χ4n) is 6.56. The van der Waals surface area contributed by atoms with Crippen molar-refractivity contribution >= 4 is 84.4 Å². The third-order valence-corrected chi connectivity index (χ3v) is 10.4. The van der Waals surface area contributed by atoms with Gasteiger partial charge in [-0.1, -0.05) is 30.7 Å². The van der Waals surface area contributed by atoms with Gasteiger partial charge in [-0.25, -0.2) is 57.5 Å². The van der Waals surface area contributed by atoms with E-state index in [1.165, 1.54) is 28.5 Å². The van der Waals surface area contributed by atoms with Gasteiger partial charge in [0.2, 0.25) is 0 Å². The Morgan fingerprint density at radius 1 is 0.350 bits per heavy atom. The molecule has 0 bridgehead atoms. The fraction of sp³-hybridized carbons (Fsp3) is 0.650. The summed E-state index contributed by atoms with van der Waals surface area (Å²) in [6.45, 7) is 11.9. The van der Waals surface area contributed by atoms with Gasteiger partial charge in [0.15, 0.2) is 0 Å². The highest BCUT2D eigenvalue weighted by molar-refractivity contribution is 5.82. The first-order valence-electron chi connectivity index (χ1n) is 24.5. The zero-order chi connectivity index (χ0) is 58.7. The van der Waals surface area contributed by atoms with Gasteiger partial charge in [-0.3, -0.25) is 9.59 Å². The summed E-state index contributed by atoms with van der Waals surface area (Å²) >= 11 is 0. The van der Waals surface area contributed by atoms with E-state index in [2.05, 4.69) is 93.5 Å². The molecule has 6 aliphatic heterocycles. The summed E-state index contributed by atoms with van der Waals surface area (Å²) in [6, 6.07) is -3.30. The maximum atomic E-state index is 11.4. The Bertz CT molecular complexity index is 2110. The van der Waals surface area contributed by atoms with Gasteiger partial charge in [-0.15, -0.1) is 10.2 Å². The summed E-state index contributed by atoms with van der Waals surface area (Å²) in [5.74, 6) is -1.11. The highest BCUT2D eigenvalue weighted by Gasteiger charge is 2.23. The van der Waals surface area contributed by atoms with Crippen molar-refractivity contribution in [2.75, 3.05) is 157 Å². The van der Waals surface area contributed by atoms with Crippen molar-refractivity contribution in [1.29, 1.82) is 0 Å². The number of urea groups is 9. The molecule has 0 saturated carbocycles. The van der Waals surface area contributed by atoms with Crippen LogP contribution in [-0.2, 0) is 23.8 Å². The lowest BCUT2D eigenvalue weighted by Crippen LogP contribution is -2.36. The second kappa shape index (κ2) is 36.3. The minimum absolute atomic E-state index is 0.0309. The Kier molecular flexibility index (Phi) is 29.2. The molecule has 23 amide bonds. The third kappa shape index (κ3) is 27.3. The van der Waals surface area contributed by atoms with Gasteiger partial charge < -0.3 is 91.5 Å². The first-order chi connectivity index (χ1) is 38.3. The molecule has 0 aliphatic carbocycles. The third-order valence-electron chi connectivity index (χ3n) is 10.4. The van der Waals surface area contributed by atoms with Crippen LogP contribution in [-0.4, -0.2) is 271 Å². The molecule has 0 aromatic heterocycles. The van der Waals surface area contributed by atoms with Gasteiger partial charge in [0, 0.05) is 132 Å². The van der Waals surface area contributed by atoms with E-state index in [9.17, 15) is 67.1 Å². The number of carbonyl (C=O) groups is 14. The number of amides is 23. The predicted octanol–water partition coefficient (Wildman–Crippen LogP) is -1.46. The molecule has 0 spiro atoms. The number of rotatable bonds is 18. The lowest BCUT2D eigenvalue weighted by atomic mass is 10.5. The van der Waals surface area contributed by atoms with E-state index in [-0.39, 0.29) is 88.7 Å². The molecule has 6 heterocycles. The Labute approximate surface area is 454 Å². The van der Waals surface area contributed by atoms with E-state index in [1.54, 1.807) is 14.7 Å². The minimum Gasteiger partial charge on any atom is -0.445 e. The van der Waals surface area contributed by atoms with Gasteiger partial charge >= 0.3 is 72.6 Å². The number of ether oxygens (including phenoxy) is 3. The first-order valence-corrected chi connectivity index (χ1v) is 24.5. The molecule has 6 rings (SSSR count). The summed E-state index contributed by atoms with van der Waals surface area (Å²) in [7, 11) is 0. The summed E-state index contributed by atoms with van der Waals surface area (Å²) in [5.41, 5.74) is 0. The lowest BCUT2D eigenvalue weighted by Gasteiger charge is -2.13. The number of nitrogens with one attached hydrogen (secondary N) is 9. The molecule has 6 saturated heterocycles. The molecule has 0 aromatic carbocycles. The highest BCUT2D eigenvalue weighted by Crippen LogP contribution is 2.01.